The first-order valence-corrected chi connectivity index (χ1v) is 10.5. The third kappa shape index (κ3) is 4.85. The number of carbonyl (C=O) groups excluding carboxylic acids is 2. The summed E-state index contributed by atoms with van der Waals surface area (Å²) in [5.74, 6) is -1.04. The van der Waals surface area contributed by atoms with E-state index in [1.54, 1.807) is 17.0 Å². The monoisotopic (exact) mass is 413 g/mol. The number of aryl methyl sites for hydroxylation is 1. The first-order valence-electron chi connectivity index (χ1n) is 9.58. The number of halogens is 1. The predicted octanol–water partition coefficient (Wildman–Crippen LogP) is 4.81. The van der Waals surface area contributed by atoms with E-state index in [0.717, 1.165) is 23.2 Å². The number of hydrogen-bond donors (Lipinski definition) is 1. The highest BCUT2D eigenvalue weighted by Crippen LogP contribution is 2.33. The lowest BCUT2D eigenvalue weighted by Crippen LogP contribution is -2.34. The lowest BCUT2D eigenvalue weighted by atomic mass is 10.1. The molecule has 0 unspecified atom stereocenters. The molecule has 29 heavy (non-hydrogen) atoms. The molecule has 1 aliphatic heterocycles. The van der Waals surface area contributed by atoms with Gasteiger partial charge in [-0.25, -0.2) is 9.38 Å². The number of thioether (sulfide) groups is 1. The summed E-state index contributed by atoms with van der Waals surface area (Å²) in [5.41, 5.74) is 3.12. The maximum absolute atomic E-state index is 13.8. The molecule has 0 bridgehead atoms. The molecule has 3 rings (SSSR count). The van der Waals surface area contributed by atoms with Crippen LogP contribution in [-0.4, -0.2) is 33.7 Å². The van der Waals surface area contributed by atoms with Crippen LogP contribution in [0.25, 0.3) is 0 Å². The van der Waals surface area contributed by atoms with E-state index in [-0.39, 0.29) is 18.0 Å². The summed E-state index contributed by atoms with van der Waals surface area (Å²) in [5, 5.41) is 2.58. The Kier molecular flexibility index (Phi) is 6.69. The van der Waals surface area contributed by atoms with Gasteiger partial charge in [0.05, 0.1) is 11.4 Å². The number of carbonyl (C=O) groups is 2. The molecule has 2 aromatic carbocycles. The van der Waals surface area contributed by atoms with Gasteiger partial charge in [0.15, 0.2) is 5.17 Å². The summed E-state index contributed by atoms with van der Waals surface area (Å²) in [7, 11) is 0. The number of para-hydroxylation sites is 1. The van der Waals surface area contributed by atoms with Gasteiger partial charge in [0.25, 0.3) is 0 Å². The van der Waals surface area contributed by atoms with E-state index in [2.05, 4.69) is 5.32 Å². The van der Waals surface area contributed by atoms with Crippen LogP contribution in [0, 0.1) is 19.7 Å². The van der Waals surface area contributed by atoms with Crippen molar-refractivity contribution >= 4 is 40.1 Å². The fraction of sp³-hybridized carbons (Fsp3) is 0.318. The van der Waals surface area contributed by atoms with Gasteiger partial charge >= 0.3 is 0 Å². The quantitative estimate of drug-likeness (QED) is 0.739. The van der Waals surface area contributed by atoms with E-state index in [1.807, 2.05) is 39.0 Å². The SMILES string of the molecule is CCCN1C(=O)[C@H](CC(=O)Nc2ccccc2F)SC1=Nc1cccc(C)c1C. The van der Waals surface area contributed by atoms with Crippen LogP contribution in [0.4, 0.5) is 15.8 Å². The highest BCUT2D eigenvalue weighted by Gasteiger charge is 2.38. The molecule has 2 aromatic rings. The number of aliphatic imine (C=N–C) groups is 1. The van der Waals surface area contributed by atoms with Gasteiger partial charge in [-0.15, -0.1) is 0 Å². The molecule has 1 fully saturated rings. The second-order valence-corrected chi connectivity index (χ2v) is 8.11. The summed E-state index contributed by atoms with van der Waals surface area (Å²) in [6.07, 6.45) is 0.746. The van der Waals surface area contributed by atoms with Gasteiger partial charge in [-0.3, -0.25) is 14.5 Å². The Labute approximate surface area is 174 Å². The van der Waals surface area contributed by atoms with Crippen LogP contribution in [0.3, 0.4) is 0 Å². The molecule has 1 saturated heterocycles. The average Bonchev–Trinajstić information content (AvgIpc) is 2.96. The van der Waals surface area contributed by atoms with E-state index in [4.69, 9.17) is 4.99 Å². The number of nitrogens with one attached hydrogen (secondary N) is 1. The minimum absolute atomic E-state index is 0.0378. The van der Waals surface area contributed by atoms with Crippen LogP contribution in [0.15, 0.2) is 47.5 Å². The van der Waals surface area contributed by atoms with Gasteiger partial charge < -0.3 is 5.32 Å². The van der Waals surface area contributed by atoms with Crippen molar-refractivity contribution in [2.45, 2.75) is 38.9 Å². The van der Waals surface area contributed by atoms with E-state index >= 15 is 0 Å². The molecular weight excluding hydrogens is 389 g/mol. The Morgan fingerprint density at radius 1 is 1.21 bits per heavy atom. The summed E-state index contributed by atoms with van der Waals surface area (Å²) in [6.45, 7) is 6.55. The van der Waals surface area contributed by atoms with E-state index in [9.17, 15) is 14.0 Å². The Hall–Kier alpha value is -2.67. The number of anilines is 1. The molecular formula is C22H24FN3O2S. The lowest BCUT2D eigenvalue weighted by molar-refractivity contribution is -0.128. The number of amides is 2. The molecule has 2 amide bonds. The molecule has 1 aliphatic rings. The zero-order chi connectivity index (χ0) is 21.0. The first kappa shape index (κ1) is 21.0. The topological polar surface area (TPSA) is 61.8 Å². The maximum atomic E-state index is 13.8. The average molecular weight is 414 g/mol. The van der Waals surface area contributed by atoms with Crippen LogP contribution in [0.1, 0.15) is 30.9 Å². The Morgan fingerprint density at radius 3 is 2.69 bits per heavy atom. The van der Waals surface area contributed by atoms with Crippen molar-refractivity contribution in [2.24, 2.45) is 4.99 Å². The molecule has 0 spiro atoms. The fourth-order valence-corrected chi connectivity index (χ4v) is 4.22. The van der Waals surface area contributed by atoms with Gasteiger partial charge in [-0.05, 0) is 49.6 Å². The molecule has 0 saturated carbocycles. The van der Waals surface area contributed by atoms with Crippen LogP contribution >= 0.6 is 11.8 Å². The zero-order valence-corrected chi connectivity index (χ0v) is 17.6. The fourth-order valence-electron chi connectivity index (χ4n) is 3.05. The van der Waals surface area contributed by atoms with Gasteiger partial charge in [0.2, 0.25) is 11.8 Å². The molecule has 1 heterocycles. The maximum Gasteiger partial charge on any atom is 0.242 e. The molecule has 5 nitrogen and oxygen atoms in total. The van der Waals surface area contributed by atoms with Crippen LogP contribution in [-0.2, 0) is 9.59 Å². The predicted molar refractivity (Wildman–Crippen MR) is 116 cm³/mol. The van der Waals surface area contributed by atoms with Crippen molar-refractivity contribution in [3.05, 3.63) is 59.4 Å². The standard InChI is InChI=1S/C22H24FN3O2S/c1-4-12-26-21(28)19(13-20(27)24-18-10-6-5-9-16(18)23)29-22(26)25-17-11-7-8-14(2)15(17)3/h5-11,19H,4,12-13H2,1-3H3,(H,24,27)/t19-/m0/s1. The number of rotatable bonds is 6. The lowest BCUT2D eigenvalue weighted by Gasteiger charge is -2.15. The zero-order valence-electron chi connectivity index (χ0n) is 16.7. The highest BCUT2D eigenvalue weighted by atomic mass is 32.2. The van der Waals surface area contributed by atoms with Gasteiger partial charge in [0.1, 0.15) is 11.1 Å². The van der Waals surface area contributed by atoms with Crippen LogP contribution in [0.5, 0.6) is 0 Å². The number of amidine groups is 1. The first-order chi connectivity index (χ1) is 13.9. The van der Waals surface area contributed by atoms with Gasteiger partial charge in [-0.1, -0.05) is 43.0 Å². The minimum atomic E-state index is -0.572. The Morgan fingerprint density at radius 2 is 1.97 bits per heavy atom. The van der Waals surface area contributed by atoms with E-state index in [1.165, 1.54) is 23.9 Å². The highest BCUT2D eigenvalue weighted by molar-refractivity contribution is 8.15. The second kappa shape index (κ2) is 9.22. The summed E-state index contributed by atoms with van der Waals surface area (Å²) < 4.78 is 13.8. The van der Waals surface area contributed by atoms with Gasteiger partial charge in [-0.2, -0.15) is 0 Å². The van der Waals surface area contributed by atoms with Gasteiger partial charge in [0, 0.05) is 13.0 Å². The van der Waals surface area contributed by atoms with Crippen LogP contribution < -0.4 is 5.32 Å². The Bertz CT molecular complexity index is 961. The molecule has 0 aromatic heterocycles. The molecule has 7 heteroatoms. The molecule has 152 valence electrons. The van der Waals surface area contributed by atoms with Crippen molar-refractivity contribution in [2.75, 3.05) is 11.9 Å². The molecule has 0 aliphatic carbocycles. The minimum Gasteiger partial charge on any atom is -0.324 e. The van der Waals surface area contributed by atoms with Crippen molar-refractivity contribution in [1.82, 2.24) is 4.90 Å². The van der Waals surface area contributed by atoms with Crippen molar-refractivity contribution in [3.8, 4) is 0 Å². The third-order valence-electron chi connectivity index (χ3n) is 4.78. The smallest absolute Gasteiger partial charge is 0.242 e. The molecule has 0 radical (unpaired) electrons. The number of hydrogen-bond acceptors (Lipinski definition) is 4. The van der Waals surface area contributed by atoms with Crippen LogP contribution in [0.2, 0.25) is 0 Å². The van der Waals surface area contributed by atoms with Crippen molar-refractivity contribution in [3.63, 3.8) is 0 Å². The third-order valence-corrected chi connectivity index (χ3v) is 5.95. The summed E-state index contributed by atoms with van der Waals surface area (Å²) >= 11 is 1.29. The van der Waals surface area contributed by atoms with Crippen molar-refractivity contribution in [1.29, 1.82) is 0 Å². The van der Waals surface area contributed by atoms with Crippen molar-refractivity contribution < 1.29 is 14.0 Å². The Balaban J connectivity index is 1.78. The summed E-state index contributed by atoms with van der Waals surface area (Å²) in [4.78, 5) is 31.6. The summed E-state index contributed by atoms with van der Waals surface area (Å²) in [6, 6.07) is 11.9. The number of benzene rings is 2. The number of nitrogens with zero attached hydrogens (tertiary/aromatic N) is 2. The van der Waals surface area contributed by atoms with E-state index < -0.39 is 17.0 Å². The molecule has 1 atom stereocenters. The largest absolute Gasteiger partial charge is 0.324 e. The normalized spacial score (nSPS) is 17.8. The second-order valence-electron chi connectivity index (χ2n) is 6.94. The molecule has 1 N–H and O–H groups in total. The van der Waals surface area contributed by atoms with E-state index in [0.29, 0.717) is 11.7 Å².